The fourth-order valence-corrected chi connectivity index (χ4v) is 3.58. The first-order valence-electron chi connectivity index (χ1n) is 11.1. The summed E-state index contributed by atoms with van der Waals surface area (Å²) in [4.78, 5) is 27.2. The second kappa shape index (κ2) is 12.2. The van der Waals surface area contributed by atoms with Crippen molar-refractivity contribution in [2.45, 2.75) is 81.7 Å². The summed E-state index contributed by atoms with van der Waals surface area (Å²) < 4.78 is 5.10. The molecule has 0 unspecified atom stereocenters. The maximum Gasteiger partial charge on any atom is 0.333 e. The third-order valence-corrected chi connectivity index (χ3v) is 5.60. The Balaban J connectivity index is 5.71. The Labute approximate surface area is 179 Å². The smallest absolute Gasteiger partial charge is 0.333 e. The van der Waals surface area contributed by atoms with Gasteiger partial charge in [0.1, 0.15) is 0 Å². The molecule has 29 heavy (non-hydrogen) atoms. The van der Waals surface area contributed by atoms with E-state index in [-0.39, 0.29) is 41.1 Å². The molecule has 0 N–H and O–H groups in total. The van der Waals surface area contributed by atoms with Crippen LogP contribution < -0.4 is 0 Å². The number of esters is 1. The quantitative estimate of drug-likeness (QED) is 0.258. The van der Waals surface area contributed by atoms with Crippen LogP contribution in [0.25, 0.3) is 0 Å². The first-order valence-corrected chi connectivity index (χ1v) is 11.1. The molecule has 0 aliphatic carbocycles. The number of allylic oxidation sites excluding steroid dienone is 1. The molecule has 0 aromatic rings. The molecule has 0 aromatic carbocycles. The summed E-state index contributed by atoms with van der Waals surface area (Å²) >= 11 is 0. The van der Waals surface area contributed by atoms with Crippen LogP contribution in [0.2, 0.25) is 0 Å². The molecule has 0 saturated carbocycles. The standard InChI is InChI=1S/C25H45NO3/c1-12-20(25(8,9)10)14-15-21(17(3)4)23(27)26(11)22(18(5)6)16-19(7)24(28)29-13-2/h14-18,20-22H,12-13H2,1-11H3/b15-14+,19-16+/t20-,21+,22-/m1/s1. The minimum atomic E-state index is -0.324. The molecule has 3 atom stereocenters. The van der Waals surface area contributed by atoms with Gasteiger partial charge in [-0.15, -0.1) is 0 Å². The number of rotatable bonds is 10. The van der Waals surface area contributed by atoms with Crippen molar-refractivity contribution in [1.29, 1.82) is 0 Å². The Bertz CT molecular complexity index is 581. The highest BCUT2D eigenvalue weighted by Crippen LogP contribution is 2.31. The van der Waals surface area contributed by atoms with E-state index in [4.69, 9.17) is 4.74 Å². The number of carbonyl (C=O) groups is 2. The lowest BCUT2D eigenvalue weighted by atomic mass is 9.78. The molecule has 4 nitrogen and oxygen atoms in total. The van der Waals surface area contributed by atoms with E-state index in [0.29, 0.717) is 18.1 Å². The van der Waals surface area contributed by atoms with E-state index in [1.807, 2.05) is 13.1 Å². The van der Waals surface area contributed by atoms with Gasteiger partial charge in [-0.25, -0.2) is 4.79 Å². The van der Waals surface area contributed by atoms with Gasteiger partial charge < -0.3 is 9.64 Å². The zero-order valence-corrected chi connectivity index (χ0v) is 20.7. The van der Waals surface area contributed by atoms with E-state index >= 15 is 0 Å². The molecule has 0 aliphatic heterocycles. The van der Waals surface area contributed by atoms with Crippen molar-refractivity contribution < 1.29 is 14.3 Å². The van der Waals surface area contributed by atoms with Crippen LogP contribution in [0.3, 0.4) is 0 Å². The maximum atomic E-state index is 13.4. The van der Waals surface area contributed by atoms with Gasteiger partial charge >= 0.3 is 5.97 Å². The molecule has 0 bridgehead atoms. The van der Waals surface area contributed by atoms with E-state index in [9.17, 15) is 9.59 Å². The Hall–Kier alpha value is -1.58. The van der Waals surface area contributed by atoms with E-state index in [1.165, 1.54) is 0 Å². The van der Waals surface area contributed by atoms with E-state index in [1.54, 1.807) is 18.7 Å². The van der Waals surface area contributed by atoms with Gasteiger partial charge in [0.15, 0.2) is 0 Å². The molecule has 0 heterocycles. The van der Waals surface area contributed by atoms with Crippen LogP contribution in [0.4, 0.5) is 0 Å². The first kappa shape index (κ1) is 27.4. The number of ether oxygens (including phenoxy) is 1. The van der Waals surface area contributed by atoms with Crippen molar-refractivity contribution in [3.8, 4) is 0 Å². The Kier molecular flexibility index (Phi) is 11.5. The Morgan fingerprint density at radius 2 is 1.55 bits per heavy atom. The second-order valence-electron chi connectivity index (χ2n) is 9.79. The van der Waals surface area contributed by atoms with Crippen LogP contribution in [0, 0.1) is 29.1 Å². The number of likely N-dealkylation sites (N-methyl/N-ethyl adjacent to an activating group) is 1. The molecular formula is C25H45NO3. The lowest BCUT2D eigenvalue weighted by Gasteiger charge is -2.33. The van der Waals surface area contributed by atoms with Crippen molar-refractivity contribution >= 4 is 11.9 Å². The van der Waals surface area contributed by atoms with Gasteiger partial charge in [0.2, 0.25) is 5.91 Å². The fourth-order valence-electron chi connectivity index (χ4n) is 3.58. The lowest BCUT2D eigenvalue weighted by Crippen LogP contribution is -2.43. The van der Waals surface area contributed by atoms with Crippen molar-refractivity contribution in [2.24, 2.45) is 29.1 Å². The van der Waals surface area contributed by atoms with Crippen LogP contribution in [-0.4, -0.2) is 36.5 Å². The predicted octanol–water partition coefficient (Wildman–Crippen LogP) is 5.88. The second-order valence-corrected chi connectivity index (χ2v) is 9.79. The van der Waals surface area contributed by atoms with Crippen LogP contribution >= 0.6 is 0 Å². The zero-order valence-electron chi connectivity index (χ0n) is 20.7. The minimum Gasteiger partial charge on any atom is -0.463 e. The molecule has 0 rings (SSSR count). The van der Waals surface area contributed by atoms with Crippen LogP contribution in [0.5, 0.6) is 0 Å². The summed E-state index contributed by atoms with van der Waals surface area (Å²) in [5.41, 5.74) is 0.711. The molecular weight excluding hydrogens is 362 g/mol. The number of carbonyl (C=O) groups excluding carboxylic acids is 2. The van der Waals surface area contributed by atoms with Crippen LogP contribution in [-0.2, 0) is 14.3 Å². The average molecular weight is 408 g/mol. The summed E-state index contributed by atoms with van der Waals surface area (Å²) in [5.74, 6) is 0.384. The highest BCUT2D eigenvalue weighted by molar-refractivity contribution is 5.88. The summed E-state index contributed by atoms with van der Waals surface area (Å²) in [6, 6.07) is -0.161. The summed E-state index contributed by atoms with van der Waals surface area (Å²) in [6.07, 6.45) is 7.24. The topological polar surface area (TPSA) is 46.6 Å². The van der Waals surface area contributed by atoms with Crippen molar-refractivity contribution in [2.75, 3.05) is 13.7 Å². The minimum absolute atomic E-state index is 0.0895. The summed E-state index contributed by atoms with van der Waals surface area (Å²) in [5, 5.41) is 0. The number of hydrogen-bond donors (Lipinski definition) is 0. The lowest BCUT2D eigenvalue weighted by molar-refractivity contribution is -0.139. The number of nitrogens with zero attached hydrogens (tertiary/aromatic N) is 1. The third-order valence-electron chi connectivity index (χ3n) is 5.60. The molecule has 0 radical (unpaired) electrons. The highest BCUT2D eigenvalue weighted by atomic mass is 16.5. The van der Waals surface area contributed by atoms with Crippen molar-refractivity contribution in [3.63, 3.8) is 0 Å². The molecule has 0 spiro atoms. The number of hydrogen-bond acceptors (Lipinski definition) is 3. The molecule has 168 valence electrons. The number of amides is 1. The molecule has 4 heteroatoms. The molecule has 0 aliphatic rings. The maximum absolute atomic E-state index is 13.4. The van der Waals surface area contributed by atoms with Crippen LogP contribution in [0.15, 0.2) is 23.8 Å². The van der Waals surface area contributed by atoms with Crippen molar-refractivity contribution in [1.82, 2.24) is 4.90 Å². The fraction of sp³-hybridized carbons (Fsp3) is 0.760. The Morgan fingerprint density at radius 3 is 1.93 bits per heavy atom. The van der Waals surface area contributed by atoms with E-state index in [2.05, 4.69) is 67.5 Å². The summed E-state index contributed by atoms with van der Waals surface area (Å²) in [6.45, 7) is 21.1. The van der Waals surface area contributed by atoms with Gasteiger partial charge in [-0.1, -0.05) is 73.6 Å². The van der Waals surface area contributed by atoms with Gasteiger partial charge in [-0.3, -0.25) is 4.79 Å². The highest BCUT2D eigenvalue weighted by Gasteiger charge is 2.29. The van der Waals surface area contributed by atoms with E-state index < -0.39 is 0 Å². The molecule has 0 saturated heterocycles. The van der Waals surface area contributed by atoms with Gasteiger partial charge in [0, 0.05) is 12.6 Å². The third kappa shape index (κ3) is 8.76. The monoisotopic (exact) mass is 407 g/mol. The normalized spacial score (nSPS) is 16.2. The van der Waals surface area contributed by atoms with Gasteiger partial charge in [-0.05, 0) is 43.4 Å². The first-order chi connectivity index (χ1) is 13.3. The SMILES string of the molecule is CCOC(=O)/C(C)=C/[C@H](C(C)C)N(C)C(=O)[C@@H](/C=C/[C@@H](CC)C(C)(C)C)C(C)C. The molecule has 0 aromatic heterocycles. The molecule has 1 amide bonds. The summed E-state index contributed by atoms with van der Waals surface area (Å²) in [7, 11) is 1.84. The van der Waals surface area contributed by atoms with Gasteiger partial charge in [0.05, 0.1) is 18.6 Å². The van der Waals surface area contributed by atoms with Gasteiger partial charge in [-0.2, -0.15) is 0 Å². The van der Waals surface area contributed by atoms with Crippen molar-refractivity contribution in [3.05, 3.63) is 23.8 Å². The van der Waals surface area contributed by atoms with E-state index in [0.717, 1.165) is 6.42 Å². The van der Waals surface area contributed by atoms with Crippen LogP contribution in [0.1, 0.15) is 75.7 Å². The van der Waals surface area contributed by atoms with Gasteiger partial charge in [0.25, 0.3) is 0 Å². The Morgan fingerprint density at radius 1 is 1.00 bits per heavy atom. The molecule has 0 fully saturated rings. The zero-order chi connectivity index (χ0) is 22.9. The predicted molar refractivity (Wildman–Crippen MR) is 122 cm³/mol. The average Bonchev–Trinajstić information content (AvgIpc) is 2.60. The largest absolute Gasteiger partial charge is 0.463 e.